The predicted molar refractivity (Wildman–Crippen MR) is 92.7 cm³/mol. The van der Waals surface area contributed by atoms with Gasteiger partial charge in [0.25, 0.3) is 0 Å². The Morgan fingerprint density at radius 2 is 2.00 bits per heavy atom. The fourth-order valence-electron chi connectivity index (χ4n) is 2.96. The first-order chi connectivity index (χ1) is 10.8. The number of benzene rings is 1. The summed E-state index contributed by atoms with van der Waals surface area (Å²) in [6, 6.07) is 8.83. The first-order valence-electron chi connectivity index (χ1n) is 8.51. The van der Waals surface area contributed by atoms with E-state index in [1.165, 1.54) is 37.7 Å². The van der Waals surface area contributed by atoms with E-state index in [0.717, 1.165) is 24.7 Å². The van der Waals surface area contributed by atoms with E-state index in [4.69, 9.17) is 4.74 Å². The summed E-state index contributed by atoms with van der Waals surface area (Å²) in [5.74, 6) is 1.91. The Hall–Kier alpha value is -1.71. The lowest BCUT2D eigenvalue weighted by Gasteiger charge is -2.25. The lowest BCUT2D eigenvalue weighted by Crippen LogP contribution is -2.44. The molecule has 0 aromatic heterocycles. The van der Waals surface area contributed by atoms with Gasteiger partial charge >= 0.3 is 0 Å². The average Bonchev–Trinajstić information content (AvgIpc) is 2.56. The van der Waals surface area contributed by atoms with Crippen LogP contribution in [-0.2, 0) is 6.42 Å². The molecular formula is C18H29N3O. The number of hydrogen-bond donors (Lipinski definition) is 2. The van der Waals surface area contributed by atoms with Crippen molar-refractivity contribution in [2.75, 3.05) is 20.2 Å². The Labute approximate surface area is 134 Å². The van der Waals surface area contributed by atoms with Gasteiger partial charge in [0.15, 0.2) is 5.96 Å². The molecule has 22 heavy (non-hydrogen) atoms. The molecule has 4 heteroatoms. The minimum atomic E-state index is 0.579. The Kier molecular flexibility index (Phi) is 7.07. The van der Waals surface area contributed by atoms with Crippen LogP contribution in [0, 0.1) is 0 Å². The van der Waals surface area contributed by atoms with E-state index in [0.29, 0.717) is 12.6 Å². The maximum Gasteiger partial charge on any atom is 0.191 e. The van der Waals surface area contributed by atoms with Crippen molar-refractivity contribution in [3.63, 3.8) is 0 Å². The summed E-state index contributed by atoms with van der Waals surface area (Å²) < 4.78 is 5.67. The number of para-hydroxylation sites is 1. The van der Waals surface area contributed by atoms with Crippen LogP contribution >= 0.6 is 0 Å². The van der Waals surface area contributed by atoms with Crippen molar-refractivity contribution in [3.8, 4) is 5.75 Å². The molecule has 2 N–H and O–H groups in total. The van der Waals surface area contributed by atoms with Crippen molar-refractivity contribution in [2.24, 2.45) is 4.99 Å². The standard InChI is InChI=1S/C18H29N3O/c1-3-22-17-12-8-7-9-15(17)13-14-20-18(19-2)21-16-10-5-4-6-11-16/h7-9,12,16H,3-6,10-11,13-14H2,1-2H3,(H2,19,20,21). The van der Waals surface area contributed by atoms with Crippen LogP contribution in [0.2, 0.25) is 0 Å². The fourth-order valence-corrected chi connectivity index (χ4v) is 2.96. The molecule has 0 atom stereocenters. The summed E-state index contributed by atoms with van der Waals surface area (Å²) in [6.45, 7) is 3.58. The van der Waals surface area contributed by atoms with Gasteiger partial charge in [-0.25, -0.2) is 0 Å². The Balaban J connectivity index is 1.79. The van der Waals surface area contributed by atoms with Crippen molar-refractivity contribution >= 4 is 5.96 Å². The van der Waals surface area contributed by atoms with Crippen LogP contribution in [0.4, 0.5) is 0 Å². The van der Waals surface area contributed by atoms with Crippen LogP contribution in [0.3, 0.4) is 0 Å². The van der Waals surface area contributed by atoms with Crippen LogP contribution in [0.15, 0.2) is 29.3 Å². The third-order valence-corrected chi connectivity index (χ3v) is 4.13. The molecular weight excluding hydrogens is 274 g/mol. The summed E-state index contributed by atoms with van der Waals surface area (Å²) in [4.78, 5) is 4.34. The maximum atomic E-state index is 5.67. The fraction of sp³-hybridized carbons (Fsp3) is 0.611. The largest absolute Gasteiger partial charge is 0.494 e. The normalized spacial score (nSPS) is 16.4. The number of nitrogens with zero attached hydrogens (tertiary/aromatic N) is 1. The van der Waals surface area contributed by atoms with E-state index in [1.807, 2.05) is 26.1 Å². The number of nitrogens with one attached hydrogen (secondary N) is 2. The molecule has 0 heterocycles. The van der Waals surface area contributed by atoms with E-state index >= 15 is 0 Å². The van der Waals surface area contributed by atoms with Crippen molar-refractivity contribution in [1.29, 1.82) is 0 Å². The second-order valence-electron chi connectivity index (χ2n) is 5.77. The topological polar surface area (TPSA) is 45.6 Å². The van der Waals surface area contributed by atoms with E-state index < -0.39 is 0 Å². The average molecular weight is 303 g/mol. The molecule has 1 fully saturated rings. The molecule has 1 aromatic rings. The van der Waals surface area contributed by atoms with Crippen molar-refractivity contribution in [3.05, 3.63) is 29.8 Å². The van der Waals surface area contributed by atoms with E-state index in [-0.39, 0.29) is 0 Å². The van der Waals surface area contributed by atoms with Gasteiger partial charge in [-0.15, -0.1) is 0 Å². The van der Waals surface area contributed by atoms with Crippen molar-refractivity contribution < 1.29 is 4.74 Å². The van der Waals surface area contributed by atoms with Gasteiger partial charge in [0.2, 0.25) is 0 Å². The zero-order chi connectivity index (χ0) is 15.6. The van der Waals surface area contributed by atoms with E-state index in [2.05, 4.69) is 27.8 Å². The maximum absolute atomic E-state index is 5.67. The lowest BCUT2D eigenvalue weighted by molar-refractivity contribution is 0.336. The molecule has 1 aromatic carbocycles. The van der Waals surface area contributed by atoms with Crippen LogP contribution < -0.4 is 15.4 Å². The van der Waals surface area contributed by atoms with Gasteiger partial charge in [0, 0.05) is 19.6 Å². The molecule has 0 unspecified atom stereocenters. The summed E-state index contributed by atoms with van der Waals surface area (Å²) >= 11 is 0. The third kappa shape index (κ3) is 5.24. The Morgan fingerprint density at radius 1 is 1.23 bits per heavy atom. The summed E-state index contributed by atoms with van der Waals surface area (Å²) in [7, 11) is 1.84. The molecule has 1 aliphatic rings. The first kappa shape index (κ1) is 16.7. The highest BCUT2D eigenvalue weighted by Crippen LogP contribution is 2.18. The molecule has 0 bridgehead atoms. The molecule has 2 rings (SSSR count). The van der Waals surface area contributed by atoms with Gasteiger partial charge in [0.05, 0.1) is 6.61 Å². The number of guanidine groups is 1. The van der Waals surface area contributed by atoms with Gasteiger partial charge in [0.1, 0.15) is 5.75 Å². The number of rotatable bonds is 6. The van der Waals surface area contributed by atoms with Crippen LogP contribution in [0.1, 0.15) is 44.6 Å². The van der Waals surface area contributed by atoms with Gasteiger partial charge in [-0.05, 0) is 37.8 Å². The van der Waals surface area contributed by atoms with E-state index in [1.54, 1.807) is 0 Å². The monoisotopic (exact) mass is 303 g/mol. The minimum absolute atomic E-state index is 0.579. The predicted octanol–water partition coefficient (Wildman–Crippen LogP) is 3.13. The quantitative estimate of drug-likeness (QED) is 0.627. The molecule has 0 radical (unpaired) electrons. The summed E-state index contributed by atoms with van der Waals surface area (Å²) in [5, 5.41) is 6.96. The van der Waals surface area contributed by atoms with Crippen LogP contribution in [0.25, 0.3) is 0 Å². The second kappa shape index (κ2) is 9.34. The minimum Gasteiger partial charge on any atom is -0.494 e. The molecule has 1 saturated carbocycles. The zero-order valence-electron chi connectivity index (χ0n) is 13.9. The molecule has 4 nitrogen and oxygen atoms in total. The highest BCUT2D eigenvalue weighted by molar-refractivity contribution is 5.79. The number of hydrogen-bond acceptors (Lipinski definition) is 2. The number of ether oxygens (including phenoxy) is 1. The van der Waals surface area contributed by atoms with Crippen molar-refractivity contribution in [1.82, 2.24) is 10.6 Å². The zero-order valence-corrected chi connectivity index (χ0v) is 13.9. The molecule has 0 amide bonds. The first-order valence-corrected chi connectivity index (χ1v) is 8.51. The molecule has 0 aliphatic heterocycles. The Bertz CT molecular complexity index is 467. The Morgan fingerprint density at radius 3 is 2.73 bits per heavy atom. The van der Waals surface area contributed by atoms with E-state index in [9.17, 15) is 0 Å². The summed E-state index contributed by atoms with van der Waals surface area (Å²) in [5.41, 5.74) is 1.24. The van der Waals surface area contributed by atoms with Crippen molar-refractivity contribution in [2.45, 2.75) is 51.5 Å². The molecule has 1 aliphatic carbocycles. The molecule has 122 valence electrons. The highest BCUT2D eigenvalue weighted by atomic mass is 16.5. The molecule has 0 saturated heterocycles. The lowest BCUT2D eigenvalue weighted by atomic mass is 9.96. The second-order valence-corrected chi connectivity index (χ2v) is 5.77. The summed E-state index contributed by atoms with van der Waals surface area (Å²) in [6.07, 6.45) is 7.48. The molecule has 0 spiro atoms. The van der Waals surface area contributed by atoms with Crippen LogP contribution in [-0.4, -0.2) is 32.2 Å². The van der Waals surface area contributed by atoms with Gasteiger partial charge < -0.3 is 15.4 Å². The van der Waals surface area contributed by atoms with Crippen LogP contribution in [0.5, 0.6) is 5.75 Å². The van der Waals surface area contributed by atoms with Gasteiger partial charge in [-0.1, -0.05) is 37.5 Å². The highest BCUT2D eigenvalue weighted by Gasteiger charge is 2.14. The smallest absolute Gasteiger partial charge is 0.191 e. The van der Waals surface area contributed by atoms with Gasteiger partial charge in [-0.3, -0.25) is 4.99 Å². The van der Waals surface area contributed by atoms with Gasteiger partial charge in [-0.2, -0.15) is 0 Å². The SMILES string of the molecule is CCOc1ccccc1CCNC(=NC)NC1CCCCC1. The number of aliphatic imine (C=N–C) groups is 1. The third-order valence-electron chi connectivity index (χ3n) is 4.13.